The van der Waals surface area contributed by atoms with Gasteiger partial charge in [-0.2, -0.15) is 5.10 Å². The third-order valence-corrected chi connectivity index (χ3v) is 7.74. The molecule has 9 heteroatoms. The number of aryl methyl sites for hydroxylation is 1. The van der Waals surface area contributed by atoms with Crippen LogP contribution in [0.2, 0.25) is 0 Å². The fourth-order valence-corrected chi connectivity index (χ4v) is 5.55. The molecule has 1 saturated heterocycles. The van der Waals surface area contributed by atoms with Gasteiger partial charge in [0, 0.05) is 18.4 Å². The van der Waals surface area contributed by atoms with Crippen molar-refractivity contribution in [3.05, 3.63) is 36.2 Å². The van der Waals surface area contributed by atoms with E-state index in [0.717, 1.165) is 29.5 Å². The van der Waals surface area contributed by atoms with E-state index in [2.05, 4.69) is 12.0 Å². The minimum absolute atomic E-state index is 0.107. The number of hydrogen-bond acceptors (Lipinski definition) is 5. The molecule has 0 bridgehead atoms. The Hall–Kier alpha value is -2.39. The fourth-order valence-electron chi connectivity index (χ4n) is 4.17. The summed E-state index contributed by atoms with van der Waals surface area (Å²) in [5.74, 6) is 0.255. The van der Waals surface area contributed by atoms with Crippen LogP contribution in [0.25, 0.3) is 11.1 Å². The Balaban J connectivity index is 1.58. The average Bonchev–Trinajstić information content (AvgIpc) is 3.15. The number of rotatable bonds is 6. The molecule has 0 aliphatic carbocycles. The molecule has 0 saturated carbocycles. The van der Waals surface area contributed by atoms with Crippen LogP contribution in [0.3, 0.4) is 0 Å². The lowest BCUT2D eigenvalue weighted by molar-refractivity contribution is -0.0405. The van der Waals surface area contributed by atoms with Crippen molar-refractivity contribution in [2.24, 2.45) is 0 Å². The summed E-state index contributed by atoms with van der Waals surface area (Å²) in [5.41, 5.74) is 2.54. The number of ether oxygens (including phenoxy) is 1. The van der Waals surface area contributed by atoms with Crippen molar-refractivity contribution in [1.82, 2.24) is 9.78 Å². The van der Waals surface area contributed by atoms with Crippen LogP contribution in [-0.4, -0.2) is 53.2 Å². The first-order valence-electron chi connectivity index (χ1n) is 10.3. The number of sulfone groups is 1. The van der Waals surface area contributed by atoms with Gasteiger partial charge in [-0.1, -0.05) is 19.4 Å². The van der Waals surface area contributed by atoms with Gasteiger partial charge in [0.25, 0.3) is 0 Å². The van der Waals surface area contributed by atoms with E-state index in [1.165, 1.54) is 4.90 Å². The number of carboxylic acid groups (broad SMARTS) is 1. The number of hydrogen-bond donors (Lipinski definition) is 1. The number of anilines is 1. The molecule has 2 aliphatic rings. The Morgan fingerprint density at radius 3 is 2.77 bits per heavy atom. The molecule has 1 amide bonds. The molecule has 8 nitrogen and oxygen atoms in total. The lowest BCUT2D eigenvalue weighted by Gasteiger charge is -2.43. The smallest absolute Gasteiger partial charge is 0.414 e. The van der Waals surface area contributed by atoms with Crippen molar-refractivity contribution in [3.8, 4) is 11.1 Å². The number of aromatic nitrogens is 2. The van der Waals surface area contributed by atoms with E-state index < -0.39 is 21.7 Å². The number of amides is 1. The zero-order valence-electron chi connectivity index (χ0n) is 17.2. The second kappa shape index (κ2) is 7.70. The summed E-state index contributed by atoms with van der Waals surface area (Å²) in [6.07, 6.45) is 5.73. The van der Waals surface area contributed by atoms with Gasteiger partial charge in [0.1, 0.15) is 5.72 Å². The van der Waals surface area contributed by atoms with Gasteiger partial charge < -0.3 is 9.84 Å². The van der Waals surface area contributed by atoms with Crippen molar-refractivity contribution in [2.75, 3.05) is 23.0 Å². The van der Waals surface area contributed by atoms with E-state index in [1.807, 2.05) is 31.3 Å². The van der Waals surface area contributed by atoms with E-state index in [9.17, 15) is 18.3 Å². The number of benzene rings is 1. The predicted octanol–water partition coefficient (Wildman–Crippen LogP) is 3.48. The molecule has 0 radical (unpaired) electrons. The van der Waals surface area contributed by atoms with Gasteiger partial charge >= 0.3 is 6.09 Å². The highest BCUT2D eigenvalue weighted by Gasteiger charge is 2.42. The second-order valence-electron chi connectivity index (χ2n) is 8.28. The second-order valence-corrected chi connectivity index (χ2v) is 10.4. The third-order valence-electron chi connectivity index (χ3n) is 5.96. The van der Waals surface area contributed by atoms with Crippen LogP contribution in [0, 0.1) is 0 Å². The highest BCUT2D eigenvalue weighted by Crippen LogP contribution is 2.40. The molecule has 1 aromatic heterocycles. The molecule has 1 atom stereocenters. The normalized spacial score (nSPS) is 23.1. The van der Waals surface area contributed by atoms with Gasteiger partial charge in [-0.3, -0.25) is 4.68 Å². The van der Waals surface area contributed by atoms with Gasteiger partial charge in [-0.25, -0.2) is 18.1 Å². The molecule has 162 valence electrons. The molecule has 3 heterocycles. The molecule has 1 fully saturated rings. The van der Waals surface area contributed by atoms with Crippen LogP contribution in [0.1, 0.15) is 44.7 Å². The zero-order chi connectivity index (χ0) is 21.5. The van der Waals surface area contributed by atoms with Crippen molar-refractivity contribution < 1.29 is 23.1 Å². The number of unbranched alkanes of at least 4 members (excludes halogenated alkanes) is 1. The van der Waals surface area contributed by atoms with Gasteiger partial charge in [0.05, 0.1) is 29.4 Å². The van der Waals surface area contributed by atoms with Crippen LogP contribution >= 0.6 is 0 Å². The third kappa shape index (κ3) is 3.83. The van der Waals surface area contributed by atoms with E-state index in [0.29, 0.717) is 25.1 Å². The Morgan fingerprint density at radius 2 is 2.10 bits per heavy atom. The van der Waals surface area contributed by atoms with Crippen LogP contribution < -0.4 is 4.90 Å². The summed E-state index contributed by atoms with van der Waals surface area (Å²) in [6.45, 7) is 4.44. The molecule has 2 aromatic rings. The predicted molar refractivity (Wildman–Crippen MR) is 113 cm³/mol. The SMILES string of the molecule is CCCCOC1(C)CCc2cc(-c3cnn(C4CS(=O)(=O)C4)c3)ccc2N1C(=O)O. The summed E-state index contributed by atoms with van der Waals surface area (Å²) < 4.78 is 30.6. The van der Waals surface area contributed by atoms with Crippen molar-refractivity contribution in [1.29, 1.82) is 0 Å². The van der Waals surface area contributed by atoms with Crippen molar-refractivity contribution >= 4 is 21.6 Å². The molecular weight excluding hydrogens is 406 g/mol. The Bertz CT molecular complexity index is 1050. The monoisotopic (exact) mass is 433 g/mol. The summed E-state index contributed by atoms with van der Waals surface area (Å²) in [7, 11) is -2.91. The number of carbonyl (C=O) groups is 1. The highest BCUT2D eigenvalue weighted by molar-refractivity contribution is 7.92. The first-order valence-corrected chi connectivity index (χ1v) is 12.1. The maximum Gasteiger partial charge on any atom is 0.414 e. The standard InChI is InChI=1S/C21H27N3O5S/c1-3-4-9-29-21(2)8-7-16-10-15(5-6-19(16)24(21)20(25)26)17-11-22-23(12-17)18-13-30(27,28)14-18/h5-6,10-12,18H,3-4,7-9,13-14H2,1-2H3,(H,25,26). The molecule has 4 rings (SSSR count). The Labute approximate surface area is 176 Å². The van der Waals surface area contributed by atoms with Crippen LogP contribution in [0.15, 0.2) is 30.6 Å². The minimum Gasteiger partial charge on any atom is -0.465 e. The first kappa shape index (κ1) is 20.9. The minimum atomic E-state index is -2.91. The van der Waals surface area contributed by atoms with Gasteiger partial charge in [-0.15, -0.1) is 0 Å². The lowest BCUT2D eigenvalue weighted by Crippen LogP contribution is -2.54. The maximum absolute atomic E-state index is 12.1. The first-order chi connectivity index (χ1) is 14.2. The molecule has 1 N–H and O–H groups in total. The lowest BCUT2D eigenvalue weighted by atomic mass is 9.92. The molecule has 1 unspecified atom stereocenters. The van der Waals surface area contributed by atoms with Crippen LogP contribution in [-0.2, 0) is 21.0 Å². The highest BCUT2D eigenvalue weighted by atomic mass is 32.2. The zero-order valence-corrected chi connectivity index (χ0v) is 18.1. The van der Waals surface area contributed by atoms with Crippen LogP contribution in [0.5, 0.6) is 0 Å². The number of fused-ring (bicyclic) bond motifs is 1. The van der Waals surface area contributed by atoms with E-state index in [4.69, 9.17) is 4.74 Å². The maximum atomic E-state index is 12.1. The molecule has 0 spiro atoms. The summed E-state index contributed by atoms with van der Waals surface area (Å²) in [5, 5.41) is 14.2. The molecule has 30 heavy (non-hydrogen) atoms. The molecular formula is C21H27N3O5S. The fraction of sp³-hybridized carbons (Fsp3) is 0.524. The van der Waals surface area contributed by atoms with E-state index in [-0.39, 0.29) is 17.5 Å². The summed E-state index contributed by atoms with van der Waals surface area (Å²) >= 11 is 0. The van der Waals surface area contributed by atoms with Crippen molar-refractivity contribution in [2.45, 2.75) is 51.3 Å². The van der Waals surface area contributed by atoms with Crippen LogP contribution in [0.4, 0.5) is 10.5 Å². The Morgan fingerprint density at radius 1 is 1.33 bits per heavy atom. The van der Waals surface area contributed by atoms with Gasteiger partial charge in [0.15, 0.2) is 9.84 Å². The quantitative estimate of drug-likeness (QED) is 0.700. The van der Waals surface area contributed by atoms with Gasteiger partial charge in [-0.05, 0) is 49.4 Å². The average molecular weight is 434 g/mol. The summed E-state index contributed by atoms with van der Waals surface area (Å²) in [4.78, 5) is 13.4. The summed E-state index contributed by atoms with van der Waals surface area (Å²) in [6, 6.07) is 5.59. The molecule has 2 aliphatic heterocycles. The van der Waals surface area contributed by atoms with E-state index >= 15 is 0 Å². The molecule has 1 aromatic carbocycles. The largest absolute Gasteiger partial charge is 0.465 e. The van der Waals surface area contributed by atoms with Gasteiger partial charge in [0.2, 0.25) is 0 Å². The van der Waals surface area contributed by atoms with E-state index in [1.54, 1.807) is 10.9 Å². The Kier molecular flexibility index (Phi) is 5.36. The number of nitrogens with zero attached hydrogens (tertiary/aromatic N) is 3. The topological polar surface area (TPSA) is 102 Å². The van der Waals surface area contributed by atoms with Crippen molar-refractivity contribution in [3.63, 3.8) is 0 Å².